The van der Waals surface area contributed by atoms with Crippen molar-refractivity contribution in [2.24, 2.45) is 0 Å². The number of alkyl halides is 3. The van der Waals surface area contributed by atoms with Gasteiger partial charge in [-0.05, 0) is 42.5 Å². The van der Waals surface area contributed by atoms with E-state index in [4.69, 9.17) is 16.3 Å². The Morgan fingerprint density at radius 3 is 2.59 bits per heavy atom. The molecular weight excluding hydrogens is 319 g/mol. The Bertz CT molecular complexity index is 595. The first-order valence-electron chi connectivity index (χ1n) is 7.11. The first-order chi connectivity index (χ1) is 10.3. The van der Waals surface area contributed by atoms with Gasteiger partial charge in [0.15, 0.2) is 0 Å². The third-order valence-electron chi connectivity index (χ3n) is 4.41. The average Bonchev–Trinajstić information content (AvgIpc) is 2.47. The SMILES string of the molecule is O=C(N1CCC2(CC1)OCCc1ccc(Cl)cc12)C(F)(F)F. The molecule has 0 unspecified atom stereocenters. The lowest BCUT2D eigenvalue weighted by atomic mass is 9.79. The summed E-state index contributed by atoms with van der Waals surface area (Å²) in [5.74, 6) is -1.77. The minimum Gasteiger partial charge on any atom is -0.370 e. The van der Waals surface area contributed by atoms with Crippen LogP contribution in [0.5, 0.6) is 0 Å². The molecule has 22 heavy (non-hydrogen) atoms. The summed E-state index contributed by atoms with van der Waals surface area (Å²) in [6.45, 7) is 0.594. The number of ether oxygens (including phenoxy) is 1. The van der Waals surface area contributed by atoms with Crippen molar-refractivity contribution in [2.75, 3.05) is 19.7 Å². The molecule has 120 valence electrons. The van der Waals surface area contributed by atoms with Crippen LogP contribution in [0.3, 0.4) is 0 Å². The van der Waals surface area contributed by atoms with Gasteiger partial charge in [0.25, 0.3) is 0 Å². The topological polar surface area (TPSA) is 29.5 Å². The maximum Gasteiger partial charge on any atom is 0.471 e. The van der Waals surface area contributed by atoms with Crippen LogP contribution < -0.4 is 0 Å². The summed E-state index contributed by atoms with van der Waals surface area (Å²) in [7, 11) is 0. The van der Waals surface area contributed by atoms with Crippen molar-refractivity contribution in [1.29, 1.82) is 0 Å². The number of carbonyl (C=O) groups excluding carboxylic acids is 1. The maximum absolute atomic E-state index is 12.5. The first kappa shape index (κ1) is 15.6. The van der Waals surface area contributed by atoms with Crippen LogP contribution in [0.25, 0.3) is 0 Å². The fourth-order valence-corrected chi connectivity index (χ4v) is 3.46. The van der Waals surface area contributed by atoms with Crippen LogP contribution in [0, 0.1) is 0 Å². The van der Waals surface area contributed by atoms with Gasteiger partial charge in [-0.15, -0.1) is 0 Å². The molecule has 1 amide bonds. The highest BCUT2D eigenvalue weighted by Gasteiger charge is 2.47. The second kappa shape index (κ2) is 5.42. The summed E-state index contributed by atoms with van der Waals surface area (Å²) < 4.78 is 43.5. The number of piperidine rings is 1. The Morgan fingerprint density at radius 2 is 1.95 bits per heavy atom. The fourth-order valence-electron chi connectivity index (χ4n) is 3.29. The third kappa shape index (κ3) is 2.70. The number of likely N-dealkylation sites (tertiary alicyclic amines) is 1. The van der Waals surface area contributed by atoms with E-state index in [0.29, 0.717) is 24.5 Å². The Kier molecular flexibility index (Phi) is 3.85. The predicted octanol–water partition coefficient (Wildman–Crippen LogP) is 3.29. The average molecular weight is 334 g/mol. The van der Waals surface area contributed by atoms with Crippen molar-refractivity contribution in [1.82, 2.24) is 4.90 Å². The predicted molar refractivity (Wildman–Crippen MR) is 74.7 cm³/mol. The molecule has 1 aromatic rings. The molecule has 0 bridgehead atoms. The van der Waals surface area contributed by atoms with Crippen LogP contribution >= 0.6 is 11.6 Å². The highest BCUT2D eigenvalue weighted by molar-refractivity contribution is 6.30. The molecule has 1 saturated heterocycles. The monoisotopic (exact) mass is 333 g/mol. The van der Waals surface area contributed by atoms with Gasteiger partial charge in [-0.1, -0.05) is 17.7 Å². The molecule has 1 aromatic carbocycles. The third-order valence-corrected chi connectivity index (χ3v) is 4.65. The molecule has 1 fully saturated rings. The van der Waals surface area contributed by atoms with E-state index < -0.39 is 17.7 Å². The number of halogens is 4. The Balaban J connectivity index is 1.82. The molecule has 2 aliphatic rings. The first-order valence-corrected chi connectivity index (χ1v) is 7.49. The van der Waals surface area contributed by atoms with E-state index in [9.17, 15) is 18.0 Å². The Labute approximate surface area is 131 Å². The standard InChI is InChI=1S/C15H15ClF3NO2/c16-11-2-1-10-3-8-22-14(12(10)9-11)4-6-20(7-5-14)13(21)15(17,18)19/h1-2,9H,3-8H2. The van der Waals surface area contributed by atoms with Gasteiger partial charge in [0.1, 0.15) is 0 Å². The number of benzene rings is 1. The normalized spacial score (nSPS) is 20.8. The van der Waals surface area contributed by atoms with Crippen LogP contribution in [0.15, 0.2) is 18.2 Å². The number of carbonyl (C=O) groups is 1. The van der Waals surface area contributed by atoms with Crippen molar-refractivity contribution in [3.8, 4) is 0 Å². The number of rotatable bonds is 0. The molecule has 1 spiro atoms. The van der Waals surface area contributed by atoms with Crippen molar-refractivity contribution >= 4 is 17.5 Å². The summed E-state index contributed by atoms with van der Waals surface area (Å²) in [5.41, 5.74) is 1.44. The summed E-state index contributed by atoms with van der Waals surface area (Å²) in [6, 6.07) is 5.58. The van der Waals surface area contributed by atoms with Crippen LogP contribution in [-0.2, 0) is 21.6 Å². The maximum atomic E-state index is 12.5. The summed E-state index contributed by atoms with van der Waals surface area (Å²) >= 11 is 6.05. The van der Waals surface area contributed by atoms with E-state index in [0.717, 1.165) is 22.4 Å². The lowest BCUT2D eigenvalue weighted by molar-refractivity contribution is -0.190. The van der Waals surface area contributed by atoms with E-state index in [2.05, 4.69) is 0 Å². The fraction of sp³-hybridized carbons (Fsp3) is 0.533. The summed E-state index contributed by atoms with van der Waals surface area (Å²) in [4.78, 5) is 12.2. The largest absolute Gasteiger partial charge is 0.471 e. The number of hydrogen-bond donors (Lipinski definition) is 0. The number of amides is 1. The highest BCUT2D eigenvalue weighted by Crippen LogP contribution is 2.42. The number of fused-ring (bicyclic) bond motifs is 2. The molecule has 0 atom stereocenters. The second-order valence-corrected chi connectivity index (χ2v) is 6.12. The van der Waals surface area contributed by atoms with E-state index in [1.807, 2.05) is 18.2 Å². The number of hydrogen-bond acceptors (Lipinski definition) is 2. The van der Waals surface area contributed by atoms with E-state index >= 15 is 0 Å². The lowest BCUT2D eigenvalue weighted by Gasteiger charge is -2.45. The van der Waals surface area contributed by atoms with Gasteiger partial charge in [-0.25, -0.2) is 0 Å². The molecule has 7 heteroatoms. The molecule has 2 aliphatic heterocycles. The van der Waals surface area contributed by atoms with Crippen molar-refractivity contribution in [2.45, 2.75) is 31.0 Å². The molecule has 3 nitrogen and oxygen atoms in total. The lowest BCUT2D eigenvalue weighted by Crippen LogP contribution is -2.51. The number of nitrogens with zero attached hydrogens (tertiary/aromatic N) is 1. The molecule has 0 aliphatic carbocycles. The smallest absolute Gasteiger partial charge is 0.370 e. The van der Waals surface area contributed by atoms with E-state index in [1.165, 1.54) is 0 Å². The molecule has 0 radical (unpaired) electrons. The van der Waals surface area contributed by atoms with Gasteiger partial charge in [0, 0.05) is 18.1 Å². The summed E-state index contributed by atoms with van der Waals surface area (Å²) in [6.07, 6.45) is -3.36. The van der Waals surface area contributed by atoms with Gasteiger partial charge in [0.2, 0.25) is 0 Å². The van der Waals surface area contributed by atoms with Crippen LogP contribution in [0.4, 0.5) is 13.2 Å². The van der Waals surface area contributed by atoms with Gasteiger partial charge in [0.05, 0.1) is 12.2 Å². The van der Waals surface area contributed by atoms with Crippen LogP contribution in [0.1, 0.15) is 24.0 Å². The van der Waals surface area contributed by atoms with Gasteiger partial charge in [-0.3, -0.25) is 4.79 Å². The Morgan fingerprint density at radius 1 is 1.27 bits per heavy atom. The minimum atomic E-state index is -4.82. The van der Waals surface area contributed by atoms with E-state index in [-0.39, 0.29) is 13.1 Å². The van der Waals surface area contributed by atoms with Crippen molar-refractivity contribution < 1.29 is 22.7 Å². The zero-order chi connectivity index (χ0) is 16.0. The molecule has 3 rings (SSSR count). The quantitative estimate of drug-likeness (QED) is 0.729. The van der Waals surface area contributed by atoms with Crippen LogP contribution in [0.2, 0.25) is 5.02 Å². The van der Waals surface area contributed by atoms with Crippen molar-refractivity contribution in [3.63, 3.8) is 0 Å². The Hall–Kier alpha value is -1.27. The molecule has 0 aromatic heterocycles. The molecule has 2 heterocycles. The second-order valence-electron chi connectivity index (χ2n) is 5.68. The molecule has 0 saturated carbocycles. The molecule has 0 N–H and O–H groups in total. The van der Waals surface area contributed by atoms with Gasteiger partial charge < -0.3 is 9.64 Å². The summed E-state index contributed by atoms with van der Waals surface area (Å²) in [5, 5.41) is 0.581. The zero-order valence-electron chi connectivity index (χ0n) is 11.8. The van der Waals surface area contributed by atoms with E-state index in [1.54, 1.807) is 0 Å². The molecular formula is C15H15ClF3NO2. The van der Waals surface area contributed by atoms with Gasteiger partial charge >= 0.3 is 12.1 Å². The zero-order valence-corrected chi connectivity index (χ0v) is 12.5. The van der Waals surface area contributed by atoms with Crippen LogP contribution in [-0.4, -0.2) is 36.7 Å². The minimum absolute atomic E-state index is 0.0320. The van der Waals surface area contributed by atoms with Crippen molar-refractivity contribution in [3.05, 3.63) is 34.3 Å². The van der Waals surface area contributed by atoms with Gasteiger partial charge in [-0.2, -0.15) is 13.2 Å². The highest BCUT2D eigenvalue weighted by atomic mass is 35.5.